The Labute approximate surface area is 165 Å². The van der Waals surface area contributed by atoms with Crippen molar-refractivity contribution < 1.29 is 9.18 Å². The van der Waals surface area contributed by atoms with Gasteiger partial charge in [-0.3, -0.25) is 4.90 Å². The van der Waals surface area contributed by atoms with Gasteiger partial charge in [-0.2, -0.15) is 0 Å². The molecule has 2 saturated heterocycles. The highest BCUT2D eigenvalue weighted by Crippen LogP contribution is 2.22. The second-order valence-corrected chi connectivity index (χ2v) is 7.56. The van der Waals surface area contributed by atoms with E-state index in [0.29, 0.717) is 13.1 Å². The zero-order valence-electron chi connectivity index (χ0n) is 16.1. The minimum absolute atomic E-state index is 0.0460. The van der Waals surface area contributed by atoms with E-state index in [9.17, 15) is 9.18 Å². The number of hydrogen-bond donors (Lipinski definition) is 1. The maximum atomic E-state index is 13.0. The van der Waals surface area contributed by atoms with Crippen LogP contribution in [0, 0.1) is 5.82 Å². The fraction of sp³-hybridized carbons (Fsp3) is 0.409. The summed E-state index contributed by atoms with van der Waals surface area (Å²) in [7, 11) is 0. The Morgan fingerprint density at radius 1 is 0.857 bits per heavy atom. The molecule has 2 aromatic carbocycles. The number of carbonyl (C=O) groups excluding carboxylic acids is 1. The Bertz CT molecular complexity index is 779. The molecule has 0 saturated carbocycles. The van der Waals surface area contributed by atoms with Crippen LogP contribution in [0.15, 0.2) is 48.5 Å². The van der Waals surface area contributed by atoms with E-state index in [2.05, 4.69) is 27.2 Å². The zero-order chi connectivity index (χ0) is 19.3. The average Bonchev–Trinajstić information content (AvgIpc) is 3.26. The molecule has 5 nitrogen and oxygen atoms in total. The van der Waals surface area contributed by atoms with Crippen molar-refractivity contribution in [2.24, 2.45) is 0 Å². The van der Waals surface area contributed by atoms with Gasteiger partial charge >= 0.3 is 6.03 Å². The van der Waals surface area contributed by atoms with Crippen LogP contribution in [0.25, 0.3) is 0 Å². The van der Waals surface area contributed by atoms with E-state index < -0.39 is 0 Å². The number of piperazine rings is 1. The number of benzene rings is 2. The first-order valence-electron chi connectivity index (χ1n) is 10.1. The van der Waals surface area contributed by atoms with Crippen LogP contribution in [0.4, 0.5) is 20.6 Å². The van der Waals surface area contributed by atoms with E-state index in [1.54, 1.807) is 0 Å². The van der Waals surface area contributed by atoms with Crippen LogP contribution < -0.4 is 10.2 Å². The Hall–Kier alpha value is -2.60. The van der Waals surface area contributed by atoms with Crippen LogP contribution in [-0.4, -0.2) is 55.1 Å². The first-order chi connectivity index (χ1) is 13.7. The summed E-state index contributed by atoms with van der Waals surface area (Å²) in [6.45, 7) is 6.05. The second kappa shape index (κ2) is 8.61. The molecule has 0 aromatic heterocycles. The highest BCUT2D eigenvalue weighted by atomic mass is 19.1. The zero-order valence-corrected chi connectivity index (χ0v) is 16.1. The number of urea groups is 1. The quantitative estimate of drug-likeness (QED) is 0.875. The van der Waals surface area contributed by atoms with Gasteiger partial charge in [0.15, 0.2) is 0 Å². The van der Waals surface area contributed by atoms with E-state index >= 15 is 0 Å². The number of amides is 2. The molecule has 4 rings (SSSR count). The molecular formula is C22H27FN4O. The molecule has 2 aromatic rings. The van der Waals surface area contributed by atoms with E-state index in [0.717, 1.165) is 44.0 Å². The highest BCUT2D eigenvalue weighted by Gasteiger charge is 2.21. The molecular weight excluding hydrogens is 355 g/mol. The summed E-state index contributed by atoms with van der Waals surface area (Å²) in [4.78, 5) is 19.1. The Kier molecular flexibility index (Phi) is 5.76. The van der Waals surface area contributed by atoms with Crippen LogP contribution in [0.2, 0.25) is 0 Å². The van der Waals surface area contributed by atoms with Gasteiger partial charge in [-0.1, -0.05) is 12.1 Å². The van der Waals surface area contributed by atoms with E-state index in [1.807, 2.05) is 29.2 Å². The molecule has 0 bridgehead atoms. The van der Waals surface area contributed by atoms with E-state index in [1.165, 1.54) is 30.7 Å². The van der Waals surface area contributed by atoms with Crippen LogP contribution in [0.5, 0.6) is 0 Å². The molecule has 2 aliphatic rings. The van der Waals surface area contributed by atoms with Crippen LogP contribution in [-0.2, 0) is 6.54 Å². The molecule has 28 heavy (non-hydrogen) atoms. The maximum absolute atomic E-state index is 13.0. The van der Waals surface area contributed by atoms with Gasteiger partial charge in [0.25, 0.3) is 0 Å². The number of hydrogen-bond acceptors (Lipinski definition) is 3. The number of halogens is 1. The summed E-state index contributed by atoms with van der Waals surface area (Å²) in [5.41, 5.74) is 3.16. The van der Waals surface area contributed by atoms with Gasteiger partial charge in [0.05, 0.1) is 0 Å². The lowest BCUT2D eigenvalue weighted by Gasteiger charge is -2.34. The first kappa shape index (κ1) is 18.7. The first-order valence-corrected chi connectivity index (χ1v) is 10.1. The van der Waals surface area contributed by atoms with Gasteiger partial charge in [0, 0.05) is 57.2 Å². The van der Waals surface area contributed by atoms with E-state index in [4.69, 9.17) is 0 Å². The largest absolute Gasteiger partial charge is 0.372 e. The van der Waals surface area contributed by atoms with Gasteiger partial charge in [-0.05, 0) is 54.8 Å². The molecule has 1 N–H and O–H groups in total. The van der Waals surface area contributed by atoms with Crippen molar-refractivity contribution in [3.05, 3.63) is 59.9 Å². The summed E-state index contributed by atoms with van der Waals surface area (Å²) < 4.78 is 13.0. The smallest absolute Gasteiger partial charge is 0.321 e. The van der Waals surface area contributed by atoms with Crippen LogP contribution in [0.3, 0.4) is 0 Å². The lowest BCUT2D eigenvalue weighted by Crippen LogP contribution is -2.49. The summed E-state index contributed by atoms with van der Waals surface area (Å²) in [6.07, 6.45) is 2.51. The number of nitrogens with one attached hydrogen (secondary N) is 1. The summed E-state index contributed by atoms with van der Waals surface area (Å²) in [5, 5.41) is 3.01. The number of rotatable bonds is 4. The van der Waals surface area contributed by atoms with Crippen molar-refractivity contribution >= 4 is 17.4 Å². The third-order valence-electron chi connectivity index (χ3n) is 5.57. The highest BCUT2D eigenvalue weighted by molar-refractivity contribution is 5.89. The van der Waals surface area contributed by atoms with Crippen molar-refractivity contribution in [1.82, 2.24) is 9.80 Å². The molecule has 0 aliphatic carbocycles. The predicted molar refractivity (Wildman–Crippen MR) is 110 cm³/mol. The minimum atomic E-state index is -0.210. The summed E-state index contributed by atoms with van der Waals surface area (Å²) in [6, 6.07) is 14.7. The SMILES string of the molecule is O=C(Nc1ccc(N2CCCC2)cc1)N1CCN(Cc2ccc(F)cc2)CC1. The molecule has 6 heteroatoms. The molecule has 2 aliphatic heterocycles. The van der Waals surface area contributed by atoms with Crippen molar-refractivity contribution in [2.75, 3.05) is 49.5 Å². The Morgan fingerprint density at radius 3 is 2.14 bits per heavy atom. The van der Waals surface area contributed by atoms with Crippen LogP contribution >= 0.6 is 0 Å². The average molecular weight is 382 g/mol. The van der Waals surface area contributed by atoms with Crippen molar-refractivity contribution in [1.29, 1.82) is 0 Å². The van der Waals surface area contributed by atoms with Crippen molar-refractivity contribution in [3.8, 4) is 0 Å². The molecule has 148 valence electrons. The van der Waals surface area contributed by atoms with Gasteiger partial charge in [-0.15, -0.1) is 0 Å². The number of nitrogens with zero attached hydrogens (tertiary/aromatic N) is 3. The molecule has 0 spiro atoms. The van der Waals surface area contributed by atoms with E-state index in [-0.39, 0.29) is 11.8 Å². The maximum Gasteiger partial charge on any atom is 0.321 e. The normalized spacial score (nSPS) is 17.8. The number of anilines is 2. The molecule has 0 atom stereocenters. The number of carbonyl (C=O) groups is 1. The lowest BCUT2D eigenvalue weighted by molar-refractivity contribution is 0.143. The Balaban J connectivity index is 1.25. The van der Waals surface area contributed by atoms with Gasteiger partial charge in [0.1, 0.15) is 5.82 Å². The third-order valence-corrected chi connectivity index (χ3v) is 5.57. The topological polar surface area (TPSA) is 38.8 Å². The van der Waals surface area contributed by atoms with Crippen LogP contribution in [0.1, 0.15) is 18.4 Å². The molecule has 2 heterocycles. The summed E-state index contributed by atoms with van der Waals surface area (Å²) >= 11 is 0. The monoisotopic (exact) mass is 382 g/mol. The molecule has 2 amide bonds. The lowest BCUT2D eigenvalue weighted by atomic mass is 10.2. The van der Waals surface area contributed by atoms with Gasteiger partial charge < -0.3 is 15.1 Å². The molecule has 0 radical (unpaired) electrons. The van der Waals surface area contributed by atoms with Gasteiger partial charge in [-0.25, -0.2) is 9.18 Å². The Morgan fingerprint density at radius 2 is 1.50 bits per heavy atom. The standard InChI is InChI=1S/C22H27FN4O/c23-19-5-3-18(4-6-19)17-25-13-15-27(16-14-25)22(28)24-20-7-9-21(10-8-20)26-11-1-2-12-26/h3-10H,1-2,11-17H2,(H,24,28). The fourth-order valence-corrected chi connectivity index (χ4v) is 3.89. The predicted octanol–water partition coefficient (Wildman–Crippen LogP) is 3.78. The molecule has 2 fully saturated rings. The molecule has 0 unspecified atom stereocenters. The third kappa shape index (κ3) is 4.62. The fourth-order valence-electron chi connectivity index (χ4n) is 3.89. The summed E-state index contributed by atoms with van der Waals surface area (Å²) in [5.74, 6) is -0.210. The second-order valence-electron chi connectivity index (χ2n) is 7.56. The van der Waals surface area contributed by atoms with Gasteiger partial charge in [0.2, 0.25) is 0 Å². The minimum Gasteiger partial charge on any atom is -0.372 e. The van der Waals surface area contributed by atoms with Crippen molar-refractivity contribution in [2.45, 2.75) is 19.4 Å². The van der Waals surface area contributed by atoms with Crippen molar-refractivity contribution in [3.63, 3.8) is 0 Å².